The zero-order valence-corrected chi connectivity index (χ0v) is 15.4. The fourth-order valence-corrected chi connectivity index (χ4v) is 5.66. The van der Waals surface area contributed by atoms with Crippen LogP contribution in [-0.2, 0) is 20.0 Å². The minimum atomic E-state index is -4.38. The fraction of sp³-hybridized carbons (Fsp3) is 0.375. The highest BCUT2D eigenvalue weighted by Gasteiger charge is 2.34. The van der Waals surface area contributed by atoms with Gasteiger partial charge in [0.05, 0.1) is 15.8 Å². The molecular weight excluding hydrogens is 382 g/mol. The molecule has 0 amide bonds. The van der Waals surface area contributed by atoms with Crippen LogP contribution in [0.5, 0.6) is 11.8 Å². The van der Waals surface area contributed by atoms with Gasteiger partial charge in [0.25, 0.3) is 10.1 Å². The van der Waals surface area contributed by atoms with Crippen molar-refractivity contribution in [3.63, 3.8) is 0 Å². The van der Waals surface area contributed by atoms with Crippen molar-refractivity contribution in [3.05, 3.63) is 30.3 Å². The van der Waals surface area contributed by atoms with Gasteiger partial charge in [-0.3, -0.25) is 9.12 Å². The molecule has 0 unspecified atom stereocenters. The van der Waals surface area contributed by atoms with Crippen molar-refractivity contribution in [2.75, 3.05) is 0 Å². The van der Waals surface area contributed by atoms with Crippen LogP contribution in [0.1, 0.15) is 32.1 Å². The van der Waals surface area contributed by atoms with Gasteiger partial charge in [0.2, 0.25) is 5.88 Å². The summed E-state index contributed by atoms with van der Waals surface area (Å²) >= 11 is 0. The summed E-state index contributed by atoms with van der Waals surface area (Å²) in [5, 5.41) is 19.9. The smallest absolute Gasteiger partial charge is 0.294 e. The molecule has 0 radical (unpaired) electrons. The predicted molar refractivity (Wildman–Crippen MR) is 93.0 cm³/mol. The summed E-state index contributed by atoms with van der Waals surface area (Å²) in [6, 6.07) is 5.63. The van der Waals surface area contributed by atoms with E-state index in [9.17, 15) is 27.0 Å². The maximum absolute atomic E-state index is 12.8. The first-order chi connectivity index (χ1) is 12.1. The van der Waals surface area contributed by atoms with Crippen LogP contribution in [-0.4, -0.2) is 41.4 Å². The summed E-state index contributed by atoms with van der Waals surface area (Å²) in [4.78, 5) is -0.705. The maximum atomic E-state index is 12.8. The zero-order valence-electron chi connectivity index (χ0n) is 13.7. The number of hydrogen-bond acceptors (Lipinski definition) is 6. The summed E-state index contributed by atoms with van der Waals surface area (Å²) < 4.78 is 57.7. The highest BCUT2D eigenvalue weighted by molar-refractivity contribution is 7.92. The van der Waals surface area contributed by atoms with E-state index in [1.54, 1.807) is 0 Å². The van der Waals surface area contributed by atoms with Gasteiger partial charge in [0, 0.05) is 6.07 Å². The van der Waals surface area contributed by atoms with E-state index in [4.69, 9.17) is 4.55 Å². The lowest BCUT2D eigenvalue weighted by atomic mass is 10.0. The van der Waals surface area contributed by atoms with Gasteiger partial charge in [-0.2, -0.15) is 8.42 Å². The average Bonchev–Trinajstić information content (AvgIpc) is 2.90. The van der Waals surface area contributed by atoms with Gasteiger partial charge < -0.3 is 10.2 Å². The lowest BCUT2D eigenvalue weighted by Crippen LogP contribution is -2.23. The number of rotatable bonds is 4. The van der Waals surface area contributed by atoms with Gasteiger partial charge >= 0.3 is 0 Å². The molecule has 3 N–H and O–H groups in total. The first-order valence-electron chi connectivity index (χ1n) is 8.08. The molecule has 3 rings (SSSR count). The molecule has 1 aliphatic rings. The molecule has 10 heteroatoms. The van der Waals surface area contributed by atoms with E-state index in [0.29, 0.717) is 12.8 Å². The van der Waals surface area contributed by atoms with Gasteiger partial charge in [-0.25, -0.2) is 8.42 Å². The summed E-state index contributed by atoms with van der Waals surface area (Å²) in [5.74, 6) is -1.12. The van der Waals surface area contributed by atoms with Crippen LogP contribution >= 0.6 is 0 Å². The summed E-state index contributed by atoms with van der Waals surface area (Å²) in [6.45, 7) is 0. The minimum Gasteiger partial charge on any atom is -0.494 e. The fourth-order valence-electron chi connectivity index (χ4n) is 3.25. The third-order valence-corrected chi connectivity index (χ3v) is 7.74. The Morgan fingerprint density at radius 3 is 2.04 bits per heavy atom. The van der Waals surface area contributed by atoms with Crippen molar-refractivity contribution in [1.82, 2.24) is 4.57 Å². The monoisotopic (exact) mass is 401 g/mol. The molecule has 142 valence electrons. The Hall–Kier alpha value is -2.04. The van der Waals surface area contributed by atoms with Gasteiger partial charge in [-0.15, -0.1) is 0 Å². The van der Waals surface area contributed by atoms with Gasteiger partial charge in [-0.05, 0) is 37.1 Å². The van der Waals surface area contributed by atoms with E-state index >= 15 is 0 Å². The van der Waals surface area contributed by atoms with E-state index < -0.39 is 37.0 Å². The predicted octanol–water partition coefficient (Wildman–Crippen LogP) is 2.24. The van der Waals surface area contributed by atoms with E-state index in [1.165, 1.54) is 12.1 Å². The van der Waals surface area contributed by atoms with E-state index in [-0.39, 0.29) is 15.5 Å². The number of sulfone groups is 1. The van der Waals surface area contributed by atoms with E-state index in [2.05, 4.69) is 0 Å². The Bertz CT molecular complexity index is 1020. The van der Waals surface area contributed by atoms with Crippen LogP contribution in [0.2, 0.25) is 0 Å². The third kappa shape index (κ3) is 3.31. The van der Waals surface area contributed by atoms with Crippen LogP contribution in [0.25, 0.3) is 5.69 Å². The van der Waals surface area contributed by atoms with Crippen LogP contribution in [0.15, 0.2) is 40.1 Å². The lowest BCUT2D eigenvalue weighted by molar-refractivity contribution is 0.397. The average molecular weight is 401 g/mol. The minimum absolute atomic E-state index is 0.150. The van der Waals surface area contributed by atoms with Crippen molar-refractivity contribution in [2.24, 2.45) is 0 Å². The normalized spacial score (nSPS) is 16.7. The second-order valence-electron chi connectivity index (χ2n) is 6.30. The molecule has 0 aliphatic heterocycles. The largest absolute Gasteiger partial charge is 0.494 e. The maximum Gasteiger partial charge on any atom is 0.294 e. The molecule has 1 heterocycles. The first kappa shape index (κ1) is 18.7. The molecule has 1 saturated carbocycles. The number of nitrogens with zero attached hydrogens (tertiary/aromatic N) is 1. The molecular formula is C16H19NO7S2. The molecule has 0 spiro atoms. The van der Waals surface area contributed by atoms with Crippen molar-refractivity contribution in [2.45, 2.75) is 47.1 Å². The van der Waals surface area contributed by atoms with Crippen LogP contribution in [0, 0.1) is 0 Å². The van der Waals surface area contributed by atoms with Gasteiger partial charge in [0.15, 0.2) is 15.7 Å². The van der Waals surface area contributed by atoms with Crippen molar-refractivity contribution >= 4 is 20.0 Å². The van der Waals surface area contributed by atoms with Gasteiger partial charge in [-0.1, -0.05) is 19.3 Å². The molecule has 1 aromatic heterocycles. The van der Waals surface area contributed by atoms with E-state index in [1.807, 2.05) is 0 Å². The lowest BCUT2D eigenvalue weighted by Gasteiger charge is -2.21. The molecule has 1 fully saturated rings. The molecule has 2 aromatic rings. The highest BCUT2D eigenvalue weighted by Crippen LogP contribution is 2.39. The number of aromatic nitrogens is 1. The van der Waals surface area contributed by atoms with Crippen molar-refractivity contribution < 1.29 is 31.6 Å². The molecule has 0 saturated heterocycles. The van der Waals surface area contributed by atoms with Gasteiger partial charge in [0.1, 0.15) is 4.90 Å². The number of hydrogen-bond donors (Lipinski definition) is 3. The Labute approximate surface area is 151 Å². The van der Waals surface area contributed by atoms with Crippen LogP contribution < -0.4 is 0 Å². The first-order valence-corrected chi connectivity index (χ1v) is 11.1. The molecule has 0 atom stereocenters. The summed E-state index contributed by atoms with van der Waals surface area (Å²) in [5.41, 5.74) is 0.150. The standard InChI is InChI=1S/C16H19NO7S2/c18-15-10-14(25(20,21)12-4-2-1-3-5-12)16(19)17(15)11-6-8-13(9-7-11)26(22,23)24/h6-10,12,18-19H,1-5H2,(H,22,23,24). The second kappa shape index (κ2) is 6.60. The Morgan fingerprint density at radius 1 is 0.923 bits per heavy atom. The Morgan fingerprint density at radius 2 is 1.50 bits per heavy atom. The van der Waals surface area contributed by atoms with Crippen LogP contribution in [0.3, 0.4) is 0 Å². The number of aromatic hydroxyl groups is 2. The summed E-state index contributed by atoms with van der Waals surface area (Å²) in [7, 11) is -8.19. The van der Waals surface area contributed by atoms with E-state index in [0.717, 1.165) is 42.0 Å². The third-order valence-electron chi connectivity index (χ3n) is 4.61. The molecule has 1 aromatic carbocycles. The highest BCUT2D eigenvalue weighted by atomic mass is 32.2. The SMILES string of the molecule is O=S(=O)(O)c1ccc(-n2c(O)cc(S(=O)(=O)C3CCCCC3)c2O)cc1. The molecule has 1 aliphatic carbocycles. The molecule has 8 nitrogen and oxygen atoms in total. The zero-order chi connectivity index (χ0) is 19.1. The quantitative estimate of drug-likeness (QED) is 0.669. The van der Waals surface area contributed by atoms with Crippen LogP contribution in [0.4, 0.5) is 0 Å². The number of benzene rings is 1. The van der Waals surface area contributed by atoms with Crippen molar-refractivity contribution in [1.29, 1.82) is 0 Å². The Balaban J connectivity index is 2.03. The Kier molecular flexibility index (Phi) is 4.76. The molecule has 26 heavy (non-hydrogen) atoms. The summed E-state index contributed by atoms with van der Waals surface area (Å²) in [6.07, 6.45) is 3.60. The van der Waals surface area contributed by atoms with Crippen molar-refractivity contribution in [3.8, 4) is 17.4 Å². The topological polar surface area (TPSA) is 134 Å². The second-order valence-corrected chi connectivity index (χ2v) is 9.92. The molecule has 0 bridgehead atoms.